The number of aliphatic hydroxyl groups excluding tert-OH is 1. The van der Waals surface area contributed by atoms with Crippen molar-refractivity contribution >= 4 is 29.6 Å². The van der Waals surface area contributed by atoms with Crippen molar-refractivity contribution in [2.75, 3.05) is 26.2 Å². The molecular weight excluding hydrogens is 496 g/mol. The molecule has 0 aromatic heterocycles. The van der Waals surface area contributed by atoms with Crippen LogP contribution in [0.4, 0.5) is 5.69 Å². The zero-order chi connectivity index (χ0) is 27.3. The van der Waals surface area contributed by atoms with Gasteiger partial charge in [0.2, 0.25) is 12.3 Å². The number of carbonyl (C=O) groups is 2. The molecular formula is C28H39ClN2O6. The van der Waals surface area contributed by atoms with Gasteiger partial charge in [-0.25, -0.2) is 0 Å². The first-order valence-corrected chi connectivity index (χ1v) is 13.0. The average Bonchev–Trinajstić information content (AvgIpc) is 3.55. The number of allylic oxidation sites excluding steroid dienone is 3. The summed E-state index contributed by atoms with van der Waals surface area (Å²) in [6.45, 7) is 5.89. The minimum atomic E-state index is -0.735. The van der Waals surface area contributed by atoms with Crippen LogP contribution < -0.4 is 15.0 Å². The Hall–Kier alpha value is -2.39. The molecule has 1 aromatic carbocycles. The van der Waals surface area contributed by atoms with Gasteiger partial charge in [0, 0.05) is 26.5 Å². The van der Waals surface area contributed by atoms with Crippen molar-refractivity contribution < 1.29 is 28.9 Å². The van der Waals surface area contributed by atoms with Crippen molar-refractivity contribution in [3.8, 4) is 5.75 Å². The molecule has 2 aliphatic heterocycles. The Morgan fingerprint density at radius 1 is 1.32 bits per heavy atom. The molecule has 6 atom stereocenters. The molecule has 9 heteroatoms. The number of amides is 2. The predicted octanol–water partition coefficient (Wildman–Crippen LogP) is 3.82. The number of fused-ring (bicyclic) bond motifs is 3. The number of hydrogen-bond donors (Lipinski definition) is 2. The number of benzene rings is 1. The van der Waals surface area contributed by atoms with E-state index in [1.807, 2.05) is 51.1 Å². The van der Waals surface area contributed by atoms with E-state index >= 15 is 0 Å². The third kappa shape index (κ3) is 6.93. The number of nitrogens with zero attached hydrogens (tertiary/aromatic N) is 1. The summed E-state index contributed by atoms with van der Waals surface area (Å²) in [5.74, 6) is 0.219. The molecule has 1 fully saturated rings. The predicted molar refractivity (Wildman–Crippen MR) is 144 cm³/mol. The number of anilines is 1. The lowest BCUT2D eigenvalue weighted by Gasteiger charge is -2.28. The summed E-state index contributed by atoms with van der Waals surface area (Å²) in [7, 11) is 4.84. The van der Waals surface area contributed by atoms with Crippen LogP contribution in [0.1, 0.15) is 45.6 Å². The number of methoxy groups -OCH3 is 2. The quantitative estimate of drug-likeness (QED) is 0.450. The van der Waals surface area contributed by atoms with E-state index in [1.54, 1.807) is 26.2 Å². The standard InChI is InChI=1S/C28H39ClN2O6/c1-17-8-7-9-23(35-5)20(30-16-32)15-22(33)18(2)27-28(3,37-27)11-10-25(34)31(4)21-13-19(12-17)14-24(36-6)26(21)29/h7-9,13-14,16,18,20,22-23,27,33H,10-12,15H2,1-6H3,(H,30,32)/b9-7+,17-8+/t18-,20?,22?,23?,27?,28-/m1/s1. The SMILES string of the molecule is COc1cc2cc(c1Cl)N(C)C(=O)CC[C@@]1(C)OC1[C@H](C)C(O)CC(NC=O)C(OC)/C=C/C=C(\C)C2. The highest BCUT2D eigenvalue weighted by atomic mass is 35.5. The maximum absolute atomic E-state index is 13.2. The lowest BCUT2D eigenvalue weighted by atomic mass is 9.86. The summed E-state index contributed by atoms with van der Waals surface area (Å²) in [6, 6.07) is 3.37. The zero-order valence-corrected chi connectivity index (χ0v) is 23.2. The van der Waals surface area contributed by atoms with Gasteiger partial charge >= 0.3 is 0 Å². The summed E-state index contributed by atoms with van der Waals surface area (Å²) in [4.78, 5) is 26.0. The molecule has 2 heterocycles. The van der Waals surface area contributed by atoms with E-state index in [9.17, 15) is 14.7 Å². The first-order valence-electron chi connectivity index (χ1n) is 12.6. The summed E-state index contributed by atoms with van der Waals surface area (Å²) in [5.41, 5.74) is 2.09. The van der Waals surface area contributed by atoms with E-state index in [4.69, 9.17) is 25.8 Å². The number of halogens is 1. The monoisotopic (exact) mass is 534 g/mol. The highest BCUT2D eigenvalue weighted by Crippen LogP contribution is 2.46. The molecule has 1 aromatic rings. The molecule has 3 rings (SSSR count). The highest BCUT2D eigenvalue weighted by molar-refractivity contribution is 6.35. The van der Waals surface area contributed by atoms with Gasteiger partial charge in [0.1, 0.15) is 10.8 Å². The largest absolute Gasteiger partial charge is 0.495 e. The van der Waals surface area contributed by atoms with Crippen LogP contribution in [0.3, 0.4) is 0 Å². The van der Waals surface area contributed by atoms with E-state index in [-0.39, 0.29) is 24.3 Å². The van der Waals surface area contributed by atoms with Crippen LogP contribution in [0.25, 0.3) is 0 Å². The molecule has 2 amide bonds. The number of hydrogen-bond acceptors (Lipinski definition) is 6. The Bertz CT molecular complexity index is 1040. The summed E-state index contributed by atoms with van der Waals surface area (Å²) in [6.07, 6.45) is 6.67. The molecule has 0 radical (unpaired) electrons. The molecule has 37 heavy (non-hydrogen) atoms. The third-order valence-corrected chi connectivity index (χ3v) is 7.89. The van der Waals surface area contributed by atoms with Crippen LogP contribution in [0, 0.1) is 5.92 Å². The fraction of sp³-hybridized carbons (Fsp3) is 0.571. The summed E-state index contributed by atoms with van der Waals surface area (Å²) in [5, 5.41) is 14.2. The Morgan fingerprint density at radius 3 is 2.70 bits per heavy atom. The fourth-order valence-corrected chi connectivity index (χ4v) is 5.37. The van der Waals surface area contributed by atoms with Crippen LogP contribution in [-0.4, -0.2) is 68.6 Å². The Morgan fingerprint density at radius 2 is 2.05 bits per heavy atom. The molecule has 0 saturated carbocycles. The molecule has 8 nitrogen and oxygen atoms in total. The zero-order valence-electron chi connectivity index (χ0n) is 22.5. The van der Waals surface area contributed by atoms with Gasteiger partial charge in [-0.3, -0.25) is 9.59 Å². The molecule has 0 spiro atoms. The smallest absolute Gasteiger partial charge is 0.226 e. The van der Waals surface area contributed by atoms with Gasteiger partial charge in [-0.1, -0.05) is 42.3 Å². The second-order valence-electron chi connectivity index (χ2n) is 10.3. The van der Waals surface area contributed by atoms with Crippen LogP contribution >= 0.6 is 11.6 Å². The van der Waals surface area contributed by atoms with Crippen LogP contribution in [-0.2, 0) is 25.5 Å². The number of rotatable bonds is 4. The van der Waals surface area contributed by atoms with Crippen molar-refractivity contribution in [1.29, 1.82) is 0 Å². The van der Waals surface area contributed by atoms with Crippen LogP contribution in [0.2, 0.25) is 5.02 Å². The highest BCUT2D eigenvalue weighted by Gasteiger charge is 2.56. The van der Waals surface area contributed by atoms with E-state index in [0.29, 0.717) is 42.1 Å². The molecule has 4 unspecified atom stereocenters. The van der Waals surface area contributed by atoms with Gasteiger partial charge in [0.05, 0.1) is 42.8 Å². The van der Waals surface area contributed by atoms with E-state index in [2.05, 4.69) is 5.32 Å². The average molecular weight is 535 g/mol. The van der Waals surface area contributed by atoms with E-state index in [1.165, 1.54) is 0 Å². The lowest BCUT2D eigenvalue weighted by molar-refractivity contribution is -0.118. The Balaban J connectivity index is 1.98. The first-order chi connectivity index (χ1) is 17.5. The minimum Gasteiger partial charge on any atom is -0.495 e. The van der Waals surface area contributed by atoms with Gasteiger partial charge in [-0.05, 0) is 50.8 Å². The topological polar surface area (TPSA) is 101 Å². The number of epoxide rings is 1. The maximum Gasteiger partial charge on any atom is 0.226 e. The minimum absolute atomic E-state index is 0.0870. The van der Waals surface area contributed by atoms with Gasteiger partial charge < -0.3 is 29.5 Å². The van der Waals surface area contributed by atoms with Crippen molar-refractivity contribution in [2.24, 2.45) is 5.92 Å². The number of nitrogens with one attached hydrogen (secondary N) is 1. The van der Waals surface area contributed by atoms with Crippen LogP contribution in [0.15, 0.2) is 35.9 Å². The third-order valence-electron chi connectivity index (χ3n) is 7.51. The second kappa shape index (κ2) is 12.4. The van der Waals surface area contributed by atoms with Crippen molar-refractivity contribution in [1.82, 2.24) is 5.32 Å². The maximum atomic E-state index is 13.2. The van der Waals surface area contributed by atoms with E-state index in [0.717, 1.165) is 11.1 Å². The van der Waals surface area contributed by atoms with Crippen molar-refractivity contribution in [3.63, 3.8) is 0 Å². The number of carbonyl (C=O) groups excluding carboxylic acids is 2. The fourth-order valence-electron chi connectivity index (χ4n) is 5.06. The van der Waals surface area contributed by atoms with Gasteiger partial charge in [0.15, 0.2) is 0 Å². The lowest BCUT2D eigenvalue weighted by Crippen LogP contribution is -2.43. The van der Waals surface area contributed by atoms with E-state index < -0.39 is 23.9 Å². The molecule has 1 saturated heterocycles. The summed E-state index contributed by atoms with van der Waals surface area (Å²) >= 11 is 6.60. The number of aliphatic hydroxyl groups is 1. The summed E-state index contributed by atoms with van der Waals surface area (Å²) < 4.78 is 17.1. The molecule has 204 valence electrons. The van der Waals surface area contributed by atoms with Gasteiger partial charge in [0.25, 0.3) is 0 Å². The Labute approximate surface area is 224 Å². The molecule has 0 aliphatic carbocycles. The second-order valence-corrected chi connectivity index (χ2v) is 10.6. The number of ether oxygens (including phenoxy) is 3. The van der Waals surface area contributed by atoms with Crippen molar-refractivity contribution in [3.05, 3.63) is 46.5 Å². The molecule has 2 aliphatic rings. The van der Waals surface area contributed by atoms with Crippen LogP contribution in [0.5, 0.6) is 5.75 Å². The van der Waals surface area contributed by atoms with Gasteiger partial charge in [-0.2, -0.15) is 0 Å². The normalized spacial score (nSPS) is 33.6. The first kappa shape index (κ1) is 29.2. The Kier molecular flexibility index (Phi) is 9.80. The molecule has 2 bridgehead atoms. The molecule has 2 N–H and O–H groups in total. The van der Waals surface area contributed by atoms with Crippen molar-refractivity contribution in [2.45, 2.75) is 76.4 Å². The van der Waals surface area contributed by atoms with Gasteiger partial charge in [-0.15, -0.1) is 0 Å².